The highest BCUT2D eigenvalue weighted by Crippen LogP contribution is 2.19. The Bertz CT molecular complexity index is 149. The lowest BCUT2D eigenvalue weighted by Crippen LogP contribution is -2.42. The van der Waals surface area contributed by atoms with Crippen LogP contribution in [-0.2, 0) is 0 Å². The van der Waals surface area contributed by atoms with Crippen LogP contribution < -0.4 is 5.32 Å². The minimum atomic E-state index is 0.350. The summed E-state index contributed by atoms with van der Waals surface area (Å²) < 4.78 is 0. The van der Waals surface area contributed by atoms with Crippen molar-refractivity contribution in [2.24, 2.45) is 0 Å². The maximum atomic E-state index is 3.39. The smallest absolute Gasteiger partial charge is 0.0125 e. The van der Waals surface area contributed by atoms with E-state index in [0.29, 0.717) is 5.54 Å². The molecule has 0 bridgehead atoms. The van der Waals surface area contributed by atoms with E-state index in [1.54, 1.807) is 0 Å². The van der Waals surface area contributed by atoms with Crippen molar-refractivity contribution in [2.45, 2.75) is 51.6 Å². The fourth-order valence-corrected chi connectivity index (χ4v) is 2.06. The van der Waals surface area contributed by atoms with Crippen LogP contribution in [0.4, 0.5) is 0 Å². The summed E-state index contributed by atoms with van der Waals surface area (Å²) in [6, 6.07) is 0.743. The molecule has 1 aliphatic rings. The van der Waals surface area contributed by atoms with Gasteiger partial charge in [0.25, 0.3) is 0 Å². The average molecular weight is 184 g/mol. The van der Waals surface area contributed by atoms with Gasteiger partial charge in [-0.2, -0.15) is 0 Å². The van der Waals surface area contributed by atoms with E-state index in [9.17, 15) is 0 Å². The fourth-order valence-electron chi connectivity index (χ4n) is 2.06. The molecule has 0 aliphatic carbocycles. The van der Waals surface area contributed by atoms with Crippen molar-refractivity contribution < 1.29 is 0 Å². The first-order valence-corrected chi connectivity index (χ1v) is 5.46. The predicted molar refractivity (Wildman–Crippen MR) is 58.0 cm³/mol. The van der Waals surface area contributed by atoms with Crippen LogP contribution in [0.25, 0.3) is 0 Å². The maximum absolute atomic E-state index is 3.39. The van der Waals surface area contributed by atoms with Crippen molar-refractivity contribution in [3.8, 4) is 0 Å². The standard InChI is InChI=1S/C11H24N2/c1-11(2,3)13-8-5-6-10(12-4)7-9-13/h10,12H,5-9H2,1-4H3/t10-/m0/s1. The normalized spacial score (nSPS) is 27.2. The Hall–Kier alpha value is -0.0800. The molecule has 13 heavy (non-hydrogen) atoms. The molecule has 0 spiro atoms. The summed E-state index contributed by atoms with van der Waals surface area (Å²) in [6.45, 7) is 9.45. The summed E-state index contributed by atoms with van der Waals surface area (Å²) >= 11 is 0. The Balaban J connectivity index is 2.45. The lowest BCUT2D eigenvalue weighted by atomic mass is 10.1. The van der Waals surface area contributed by atoms with E-state index in [1.807, 2.05) is 0 Å². The van der Waals surface area contributed by atoms with Crippen LogP contribution in [0.5, 0.6) is 0 Å². The Morgan fingerprint density at radius 1 is 1.15 bits per heavy atom. The molecule has 2 nitrogen and oxygen atoms in total. The van der Waals surface area contributed by atoms with Crippen molar-refractivity contribution in [1.29, 1.82) is 0 Å². The van der Waals surface area contributed by atoms with E-state index in [0.717, 1.165) is 6.04 Å². The largest absolute Gasteiger partial charge is 0.317 e. The predicted octanol–water partition coefficient (Wildman–Crippen LogP) is 1.86. The lowest BCUT2D eigenvalue weighted by molar-refractivity contribution is 0.141. The van der Waals surface area contributed by atoms with Gasteiger partial charge in [-0.25, -0.2) is 0 Å². The van der Waals surface area contributed by atoms with Crippen molar-refractivity contribution in [3.05, 3.63) is 0 Å². The summed E-state index contributed by atoms with van der Waals surface area (Å²) in [6.07, 6.45) is 3.97. The molecule has 1 saturated heterocycles. The van der Waals surface area contributed by atoms with Gasteiger partial charge in [-0.1, -0.05) is 0 Å². The molecule has 0 radical (unpaired) electrons. The van der Waals surface area contributed by atoms with E-state index in [2.05, 4.69) is 38.0 Å². The molecule has 78 valence electrons. The summed E-state index contributed by atoms with van der Waals surface area (Å²) in [4.78, 5) is 2.60. The number of likely N-dealkylation sites (tertiary alicyclic amines) is 1. The van der Waals surface area contributed by atoms with Crippen molar-refractivity contribution in [3.63, 3.8) is 0 Å². The molecule has 0 saturated carbocycles. The van der Waals surface area contributed by atoms with Gasteiger partial charge < -0.3 is 5.32 Å². The molecule has 1 atom stereocenters. The Morgan fingerprint density at radius 3 is 2.38 bits per heavy atom. The Labute approximate surface area is 82.7 Å². The number of rotatable bonds is 1. The number of nitrogens with one attached hydrogen (secondary N) is 1. The molecule has 0 unspecified atom stereocenters. The second-order valence-corrected chi connectivity index (χ2v) is 5.07. The molecular weight excluding hydrogens is 160 g/mol. The molecule has 1 heterocycles. The highest BCUT2D eigenvalue weighted by molar-refractivity contribution is 4.81. The van der Waals surface area contributed by atoms with Gasteiger partial charge in [0.2, 0.25) is 0 Å². The minimum Gasteiger partial charge on any atom is -0.317 e. The molecular formula is C11H24N2. The molecule has 0 aromatic heterocycles. The van der Waals surface area contributed by atoms with Crippen LogP contribution in [0.3, 0.4) is 0 Å². The van der Waals surface area contributed by atoms with Crippen molar-refractivity contribution in [1.82, 2.24) is 10.2 Å². The Morgan fingerprint density at radius 2 is 1.85 bits per heavy atom. The lowest BCUT2D eigenvalue weighted by Gasteiger charge is -2.34. The van der Waals surface area contributed by atoms with Gasteiger partial charge in [0, 0.05) is 18.1 Å². The molecule has 0 aromatic rings. The molecule has 0 amide bonds. The fraction of sp³-hybridized carbons (Fsp3) is 1.00. The second-order valence-electron chi connectivity index (χ2n) is 5.07. The van der Waals surface area contributed by atoms with Crippen LogP contribution >= 0.6 is 0 Å². The molecule has 0 aromatic carbocycles. The van der Waals surface area contributed by atoms with Gasteiger partial charge in [0.05, 0.1) is 0 Å². The van der Waals surface area contributed by atoms with E-state index in [-0.39, 0.29) is 0 Å². The number of hydrogen-bond acceptors (Lipinski definition) is 2. The van der Waals surface area contributed by atoms with Gasteiger partial charge in [-0.3, -0.25) is 4.90 Å². The van der Waals surface area contributed by atoms with Crippen LogP contribution in [0, 0.1) is 0 Å². The first-order valence-electron chi connectivity index (χ1n) is 5.46. The SMILES string of the molecule is CN[C@H]1CCCN(C(C)(C)C)CC1. The molecule has 1 aliphatic heterocycles. The third-order valence-electron chi connectivity index (χ3n) is 3.09. The third kappa shape index (κ3) is 3.28. The quantitative estimate of drug-likeness (QED) is 0.669. The van der Waals surface area contributed by atoms with Gasteiger partial charge in [-0.15, -0.1) is 0 Å². The van der Waals surface area contributed by atoms with Crippen molar-refractivity contribution >= 4 is 0 Å². The maximum Gasteiger partial charge on any atom is 0.0125 e. The summed E-state index contributed by atoms with van der Waals surface area (Å²) in [7, 11) is 2.08. The minimum absolute atomic E-state index is 0.350. The molecule has 1 fully saturated rings. The average Bonchev–Trinajstić information content (AvgIpc) is 2.26. The van der Waals surface area contributed by atoms with Crippen molar-refractivity contribution in [2.75, 3.05) is 20.1 Å². The highest BCUT2D eigenvalue weighted by Gasteiger charge is 2.24. The van der Waals surface area contributed by atoms with E-state index < -0.39 is 0 Å². The van der Waals surface area contributed by atoms with Gasteiger partial charge in [0.1, 0.15) is 0 Å². The zero-order valence-corrected chi connectivity index (χ0v) is 9.56. The zero-order valence-electron chi connectivity index (χ0n) is 9.56. The highest BCUT2D eigenvalue weighted by atomic mass is 15.2. The topological polar surface area (TPSA) is 15.3 Å². The van der Waals surface area contributed by atoms with E-state index >= 15 is 0 Å². The second kappa shape index (κ2) is 4.43. The first-order chi connectivity index (χ1) is 6.04. The summed E-state index contributed by atoms with van der Waals surface area (Å²) in [5, 5.41) is 3.39. The van der Waals surface area contributed by atoms with Crippen LogP contribution in [-0.4, -0.2) is 36.6 Å². The van der Waals surface area contributed by atoms with Crippen LogP contribution in [0.1, 0.15) is 40.0 Å². The number of hydrogen-bond donors (Lipinski definition) is 1. The van der Waals surface area contributed by atoms with E-state index in [4.69, 9.17) is 0 Å². The van der Waals surface area contributed by atoms with Crippen LogP contribution in [0.2, 0.25) is 0 Å². The molecule has 1 rings (SSSR count). The third-order valence-corrected chi connectivity index (χ3v) is 3.09. The van der Waals surface area contributed by atoms with Gasteiger partial charge in [-0.05, 0) is 53.6 Å². The summed E-state index contributed by atoms with van der Waals surface area (Å²) in [5.41, 5.74) is 0.350. The zero-order chi connectivity index (χ0) is 9.90. The monoisotopic (exact) mass is 184 g/mol. The first kappa shape index (κ1) is 11.0. The Kier molecular flexibility index (Phi) is 3.74. The number of nitrogens with zero attached hydrogens (tertiary/aromatic N) is 1. The molecule has 2 heteroatoms. The summed E-state index contributed by atoms with van der Waals surface area (Å²) in [5.74, 6) is 0. The molecule has 1 N–H and O–H groups in total. The van der Waals surface area contributed by atoms with Gasteiger partial charge >= 0.3 is 0 Å². The van der Waals surface area contributed by atoms with E-state index in [1.165, 1.54) is 32.4 Å². The van der Waals surface area contributed by atoms with Gasteiger partial charge in [0.15, 0.2) is 0 Å². The van der Waals surface area contributed by atoms with Crippen LogP contribution in [0.15, 0.2) is 0 Å².